The van der Waals surface area contributed by atoms with Crippen LogP contribution < -0.4 is 0 Å². The molecule has 4 aromatic carbocycles. The molecule has 0 radical (unpaired) electrons. The van der Waals surface area contributed by atoms with Gasteiger partial charge in [0.1, 0.15) is 12.4 Å². The highest BCUT2D eigenvalue weighted by molar-refractivity contribution is 5.89. The van der Waals surface area contributed by atoms with Gasteiger partial charge in [0.25, 0.3) is 0 Å². The van der Waals surface area contributed by atoms with Gasteiger partial charge >= 0.3 is 5.97 Å². The number of benzene rings is 4. The van der Waals surface area contributed by atoms with Crippen molar-refractivity contribution in [2.75, 3.05) is 6.61 Å². The van der Waals surface area contributed by atoms with Crippen molar-refractivity contribution in [2.24, 2.45) is 0 Å². The van der Waals surface area contributed by atoms with Crippen LogP contribution in [0.4, 0.5) is 4.39 Å². The third-order valence-corrected chi connectivity index (χ3v) is 5.69. The van der Waals surface area contributed by atoms with Gasteiger partial charge in [-0.1, -0.05) is 67.2 Å². The predicted octanol–water partition coefficient (Wildman–Crippen LogP) is 6.47. The smallest absolute Gasteiger partial charge is 0.330 e. The number of aliphatic hydroxyl groups is 1. The lowest BCUT2D eigenvalue weighted by Crippen LogP contribution is -2.04. The molecule has 0 fully saturated rings. The Bertz CT molecular complexity index is 1300. The third-order valence-electron chi connectivity index (χ3n) is 5.69. The molecule has 0 unspecified atom stereocenters. The number of rotatable bonds is 8. The molecule has 0 atom stereocenters. The molecule has 0 saturated carbocycles. The lowest BCUT2D eigenvalue weighted by atomic mass is 9.94. The van der Waals surface area contributed by atoms with Crippen LogP contribution >= 0.6 is 0 Å². The number of esters is 1. The first-order chi connectivity index (χ1) is 16.1. The summed E-state index contributed by atoms with van der Waals surface area (Å²) < 4.78 is 20.3. The van der Waals surface area contributed by atoms with E-state index in [1.807, 2.05) is 66.7 Å². The van der Waals surface area contributed by atoms with Gasteiger partial charge in [0.05, 0.1) is 0 Å². The molecule has 33 heavy (non-hydrogen) atoms. The minimum absolute atomic E-state index is 0.0844. The molecule has 0 aliphatic heterocycles. The molecule has 4 heteroatoms. The van der Waals surface area contributed by atoms with Crippen molar-refractivity contribution in [1.82, 2.24) is 0 Å². The highest BCUT2D eigenvalue weighted by Crippen LogP contribution is 2.31. The van der Waals surface area contributed by atoms with Crippen molar-refractivity contribution in [3.05, 3.63) is 108 Å². The number of aryl methyl sites for hydroxylation is 1. The summed E-state index contributed by atoms with van der Waals surface area (Å²) in [6.07, 6.45) is 2.42. The Morgan fingerprint density at radius 2 is 1.64 bits per heavy atom. The van der Waals surface area contributed by atoms with Crippen molar-refractivity contribution >= 4 is 16.7 Å². The second-order valence-electron chi connectivity index (χ2n) is 7.88. The Labute approximate surface area is 192 Å². The molecule has 0 aromatic heterocycles. The third kappa shape index (κ3) is 5.18. The normalized spacial score (nSPS) is 10.8. The van der Waals surface area contributed by atoms with Crippen LogP contribution in [0.5, 0.6) is 0 Å². The molecule has 0 amide bonds. The van der Waals surface area contributed by atoms with Gasteiger partial charge in [-0.25, -0.2) is 9.18 Å². The van der Waals surface area contributed by atoms with Gasteiger partial charge in [-0.15, -0.1) is 0 Å². The van der Waals surface area contributed by atoms with Crippen LogP contribution in [0, 0.1) is 5.82 Å². The Kier molecular flexibility index (Phi) is 6.96. The maximum absolute atomic E-state index is 15.1. The fraction of sp³-hybridized carbons (Fsp3) is 0.138. The molecular formula is C29H25FO3. The topological polar surface area (TPSA) is 46.5 Å². The largest absolute Gasteiger partial charge is 0.458 e. The summed E-state index contributed by atoms with van der Waals surface area (Å²) in [7, 11) is 0. The first kappa shape index (κ1) is 22.4. The monoisotopic (exact) mass is 440 g/mol. The maximum atomic E-state index is 15.1. The molecule has 0 bridgehead atoms. The van der Waals surface area contributed by atoms with Gasteiger partial charge in [0, 0.05) is 18.2 Å². The minimum Gasteiger partial charge on any atom is -0.458 e. The summed E-state index contributed by atoms with van der Waals surface area (Å²) in [5, 5.41) is 11.2. The van der Waals surface area contributed by atoms with E-state index in [9.17, 15) is 9.90 Å². The molecular weight excluding hydrogens is 415 g/mol. The highest BCUT2D eigenvalue weighted by Gasteiger charge is 2.11. The molecule has 1 N–H and O–H groups in total. The van der Waals surface area contributed by atoms with Crippen molar-refractivity contribution in [3.63, 3.8) is 0 Å². The van der Waals surface area contributed by atoms with Gasteiger partial charge in [0.2, 0.25) is 0 Å². The first-order valence-corrected chi connectivity index (χ1v) is 10.9. The van der Waals surface area contributed by atoms with Crippen molar-refractivity contribution < 1.29 is 19.0 Å². The number of halogens is 1. The summed E-state index contributed by atoms with van der Waals surface area (Å²) in [5.74, 6) is -0.770. The molecule has 0 aliphatic carbocycles. The van der Waals surface area contributed by atoms with E-state index in [0.29, 0.717) is 18.4 Å². The number of ether oxygens (including phenoxy) is 1. The van der Waals surface area contributed by atoms with Crippen LogP contribution in [0.3, 0.4) is 0 Å². The fourth-order valence-electron chi connectivity index (χ4n) is 3.96. The molecule has 4 rings (SSSR count). The average Bonchev–Trinajstić information content (AvgIpc) is 2.85. The molecule has 3 nitrogen and oxygen atoms in total. The van der Waals surface area contributed by atoms with E-state index in [2.05, 4.69) is 6.58 Å². The lowest BCUT2D eigenvalue weighted by molar-refractivity contribution is -0.138. The van der Waals surface area contributed by atoms with E-state index in [1.165, 1.54) is 0 Å². The number of fused-ring (bicyclic) bond motifs is 1. The van der Waals surface area contributed by atoms with Crippen LogP contribution in [-0.2, 0) is 22.6 Å². The average molecular weight is 441 g/mol. The predicted molar refractivity (Wildman–Crippen MR) is 130 cm³/mol. The molecule has 0 saturated heterocycles. The quantitative estimate of drug-likeness (QED) is 0.252. The zero-order chi connectivity index (χ0) is 23.2. The Hall–Kier alpha value is -3.76. The summed E-state index contributed by atoms with van der Waals surface area (Å²) in [6, 6.07) is 24.9. The van der Waals surface area contributed by atoms with Gasteiger partial charge in [-0.3, -0.25) is 0 Å². The van der Waals surface area contributed by atoms with Crippen molar-refractivity contribution in [3.8, 4) is 22.3 Å². The zero-order valence-corrected chi connectivity index (χ0v) is 18.3. The Morgan fingerprint density at radius 3 is 2.36 bits per heavy atom. The van der Waals surface area contributed by atoms with E-state index in [1.54, 1.807) is 12.1 Å². The fourth-order valence-corrected chi connectivity index (χ4v) is 3.96. The van der Waals surface area contributed by atoms with E-state index >= 15 is 4.39 Å². The van der Waals surface area contributed by atoms with E-state index < -0.39 is 5.97 Å². The number of carbonyl (C=O) groups excluding carboxylic acids is 1. The van der Waals surface area contributed by atoms with Gasteiger partial charge in [-0.05, 0) is 69.6 Å². The summed E-state index contributed by atoms with van der Waals surface area (Å²) in [5.41, 5.74) is 4.98. The summed E-state index contributed by atoms with van der Waals surface area (Å²) in [4.78, 5) is 11.6. The number of hydrogen-bond acceptors (Lipinski definition) is 3. The zero-order valence-electron chi connectivity index (χ0n) is 18.3. The van der Waals surface area contributed by atoms with Crippen LogP contribution in [0.15, 0.2) is 91.5 Å². The van der Waals surface area contributed by atoms with Crippen LogP contribution in [0.1, 0.15) is 17.5 Å². The second-order valence-corrected chi connectivity index (χ2v) is 7.88. The van der Waals surface area contributed by atoms with Gasteiger partial charge < -0.3 is 9.84 Å². The minimum atomic E-state index is -0.488. The Morgan fingerprint density at radius 1 is 0.879 bits per heavy atom. The van der Waals surface area contributed by atoms with Gasteiger partial charge in [0.15, 0.2) is 0 Å². The van der Waals surface area contributed by atoms with Crippen LogP contribution in [0.2, 0.25) is 0 Å². The van der Waals surface area contributed by atoms with Crippen molar-refractivity contribution in [2.45, 2.75) is 19.4 Å². The first-order valence-electron chi connectivity index (χ1n) is 10.9. The number of hydrogen-bond donors (Lipinski definition) is 1. The Balaban J connectivity index is 1.70. The van der Waals surface area contributed by atoms with E-state index in [4.69, 9.17) is 4.74 Å². The standard InChI is InChI=1S/C29H25FO3/c1-2-29(32)33-19-26-17-25-16-24(11-10-22(25)15-21(26)9-6-14-31)27-13-12-23(18-28(27)30)20-7-4-3-5-8-20/h2-5,7-8,10-13,15-18,31H,1,6,9,14,19H2. The van der Waals surface area contributed by atoms with Gasteiger partial charge in [-0.2, -0.15) is 0 Å². The van der Waals surface area contributed by atoms with Crippen LogP contribution in [0.25, 0.3) is 33.0 Å². The molecule has 4 aromatic rings. The number of aliphatic hydroxyl groups excluding tert-OH is 1. The second kappa shape index (κ2) is 10.2. The van der Waals surface area contributed by atoms with Crippen molar-refractivity contribution in [1.29, 1.82) is 0 Å². The lowest BCUT2D eigenvalue weighted by Gasteiger charge is -2.13. The highest BCUT2D eigenvalue weighted by atomic mass is 19.1. The van der Waals surface area contributed by atoms with E-state index in [-0.39, 0.29) is 19.0 Å². The summed E-state index contributed by atoms with van der Waals surface area (Å²) in [6.45, 7) is 3.63. The molecule has 0 aliphatic rings. The summed E-state index contributed by atoms with van der Waals surface area (Å²) >= 11 is 0. The molecule has 0 spiro atoms. The van der Waals surface area contributed by atoms with Crippen LogP contribution in [-0.4, -0.2) is 17.7 Å². The van der Waals surface area contributed by atoms with E-state index in [0.717, 1.165) is 44.7 Å². The molecule has 0 heterocycles. The number of carbonyl (C=O) groups is 1. The SMILES string of the molecule is C=CC(=O)OCc1cc2cc(-c3ccc(-c4ccccc4)cc3F)ccc2cc1CCCO. The maximum Gasteiger partial charge on any atom is 0.330 e. The molecule has 166 valence electrons.